The third-order valence-corrected chi connectivity index (χ3v) is 2.98. The second-order valence-corrected chi connectivity index (χ2v) is 6.04. The molecule has 1 aliphatic heterocycles. The molecule has 0 aromatic carbocycles. The van der Waals surface area contributed by atoms with Crippen molar-refractivity contribution in [1.29, 1.82) is 0 Å². The minimum absolute atomic E-state index is 0.185. The van der Waals surface area contributed by atoms with E-state index < -0.39 is 11.2 Å². The van der Waals surface area contributed by atoms with Gasteiger partial charge in [0, 0.05) is 6.42 Å². The molecule has 5 heteroatoms. The number of ether oxygens (including phenoxy) is 3. The molecule has 0 aliphatic carbocycles. The Bertz CT molecular complexity index is 292. The molecule has 1 aliphatic rings. The Morgan fingerprint density at radius 1 is 1.32 bits per heavy atom. The molecule has 1 heterocycles. The van der Waals surface area contributed by atoms with Crippen molar-refractivity contribution in [2.75, 3.05) is 40.5 Å². The summed E-state index contributed by atoms with van der Waals surface area (Å²) in [7, 11) is 3.96. The molecule has 0 aromatic rings. The summed E-state index contributed by atoms with van der Waals surface area (Å²) in [5.74, 6) is -0.758. The van der Waals surface area contributed by atoms with Crippen molar-refractivity contribution in [3.63, 3.8) is 0 Å². The fourth-order valence-electron chi connectivity index (χ4n) is 1.67. The van der Waals surface area contributed by atoms with Crippen LogP contribution >= 0.6 is 0 Å². The number of nitrogens with zero attached hydrogens (tertiary/aromatic N) is 1. The van der Waals surface area contributed by atoms with Gasteiger partial charge in [-0.1, -0.05) is 0 Å². The molecule has 111 valence electrons. The third-order valence-electron chi connectivity index (χ3n) is 2.98. The fourth-order valence-corrected chi connectivity index (χ4v) is 1.67. The average molecular weight is 272 g/mol. The van der Waals surface area contributed by atoms with Gasteiger partial charge in [-0.25, -0.2) is 0 Å². The monoisotopic (exact) mass is 272 g/mol. The maximum Gasteiger partial charge on any atom is 0.305 e. The average Bonchev–Trinajstić information content (AvgIpc) is 2.31. The van der Waals surface area contributed by atoms with Crippen LogP contribution < -0.4 is 0 Å². The second-order valence-electron chi connectivity index (χ2n) is 6.04. The zero-order valence-electron chi connectivity index (χ0n) is 12.5. The van der Waals surface area contributed by atoms with Gasteiger partial charge in [0.1, 0.15) is 6.61 Å². The number of carbonyl (C=O) groups is 1. The van der Waals surface area contributed by atoms with E-state index in [0.717, 1.165) is 13.0 Å². The van der Waals surface area contributed by atoms with Crippen LogP contribution in [0.1, 0.15) is 26.7 Å². The van der Waals surface area contributed by atoms with Crippen molar-refractivity contribution in [2.45, 2.75) is 32.5 Å². The molecule has 1 fully saturated rings. The largest absolute Gasteiger partial charge is 0.465 e. The van der Waals surface area contributed by atoms with Crippen molar-refractivity contribution in [2.24, 2.45) is 5.41 Å². The summed E-state index contributed by atoms with van der Waals surface area (Å²) >= 11 is 0. The van der Waals surface area contributed by atoms with Crippen LogP contribution in [-0.4, -0.2) is 57.1 Å². The summed E-state index contributed by atoms with van der Waals surface area (Å²) in [5.41, 5.74) is -0.493. The molecule has 0 bridgehead atoms. The molecule has 0 aromatic heterocycles. The highest BCUT2D eigenvalue weighted by Crippen LogP contribution is 2.29. The minimum atomic E-state index is -0.573. The molecule has 19 heavy (non-hydrogen) atoms. The first kappa shape index (κ1) is 16.4. The Labute approximate surface area is 116 Å². The SMILES string of the molecule is [CH2]C1(COC(=O)CCCN(C)C)COC(C)(C)OC1. The molecular formula is C14H26NO4. The summed E-state index contributed by atoms with van der Waals surface area (Å²) < 4.78 is 16.3. The van der Waals surface area contributed by atoms with Crippen LogP contribution in [0.3, 0.4) is 0 Å². The lowest BCUT2D eigenvalue weighted by atomic mass is 9.93. The first-order valence-corrected chi connectivity index (χ1v) is 6.66. The third kappa shape index (κ3) is 6.36. The minimum Gasteiger partial charge on any atom is -0.465 e. The lowest BCUT2D eigenvalue weighted by Gasteiger charge is -2.40. The molecule has 0 amide bonds. The number of rotatable bonds is 6. The van der Waals surface area contributed by atoms with Crippen molar-refractivity contribution in [3.8, 4) is 0 Å². The molecule has 0 N–H and O–H groups in total. The number of hydrogen-bond acceptors (Lipinski definition) is 5. The quantitative estimate of drug-likeness (QED) is 0.685. The zero-order valence-corrected chi connectivity index (χ0v) is 12.5. The number of carbonyl (C=O) groups excluding carboxylic acids is 1. The van der Waals surface area contributed by atoms with Gasteiger partial charge in [-0.05, 0) is 47.8 Å². The molecule has 1 rings (SSSR count). The molecule has 0 unspecified atom stereocenters. The van der Waals surface area contributed by atoms with E-state index in [1.807, 2.05) is 32.8 Å². The van der Waals surface area contributed by atoms with Gasteiger partial charge in [0.2, 0.25) is 0 Å². The smallest absolute Gasteiger partial charge is 0.305 e. The van der Waals surface area contributed by atoms with E-state index >= 15 is 0 Å². The van der Waals surface area contributed by atoms with E-state index in [1.165, 1.54) is 0 Å². The van der Waals surface area contributed by atoms with E-state index in [9.17, 15) is 4.79 Å². The topological polar surface area (TPSA) is 48.0 Å². The summed E-state index contributed by atoms with van der Waals surface area (Å²) in [5, 5.41) is 0. The molecule has 5 nitrogen and oxygen atoms in total. The molecule has 0 spiro atoms. The van der Waals surface area contributed by atoms with E-state index in [4.69, 9.17) is 14.2 Å². The highest BCUT2D eigenvalue weighted by Gasteiger charge is 2.37. The van der Waals surface area contributed by atoms with Gasteiger partial charge < -0.3 is 19.1 Å². The van der Waals surface area contributed by atoms with Crippen molar-refractivity contribution in [1.82, 2.24) is 4.90 Å². The van der Waals surface area contributed by atoms with Gasteiger partial charge in [0.05, 0.1) is 18.6 Å². The van der Waals surface area contributed by atoms with Gasteiger partial charge >= 0.3 is 5.97 Å². The Morgan fingerprint density at radius 2 is 1.89 bits per heavy atom. The number of hydrogen-bond donors (Lipinski definition) is 0. The van der Waals surface area contributed by atoms with Crippen LogP contribution in [0.25, 0.3) is 0 Å². The number of esters is 1. The first-order chi connectivity index (χ1) is 8.72. The summed E-state index contributed by atoms with van der Waals surface area (Å²) in [6.45, 7) is 9.75. The second kappa shape index (κ2) is 6.68. The lowest BCUT2D eigenvalue weighted by Crippen LogP contribution is -2.47. The van der Waals surface area contributed by atoms with Crippen LogP contribution in [0.5, 0.6) is 0 Å². The van der Waals surface area contributed by atoms with Gasteiger partial charge in [0.25, 0.3) is 0 Å². The van der Waals surface area contributed by atoms with Gasteiger partial charge in [-0.2, -0.15) is 0 Å². The van der Waals surface area contributed by atoms with Crippen molar-refractivity contribution < 1.29 is 19.0 Å². The normalized spacial score (nSPS) is 21.4. The molecule has 1 radical (unpaired) electrons. The summed E-state index contributed by atoms with van der Waals surface area (Å²) in [6.07, 6.45) is 1.23. The summed E-state index contributed by atoms with van der Waals surface area (Å²) in [4.78, 5) is 13.6. The zero-order chi connectivity index (χ0) is 14.5. The fraction of sp³-hybridized carbons (Fsp3) is 0.857. The van der Waals surface area contributed by atoms with Gasteiger partial charge in [-0.15, -0.1) is 0 Å². The van der Waals surface area contributed by atoms with Crippen LogP contribution in [0.4, 0.5) is 0 Å². The standard InChI is InChI=1S/C14H26NO4/c1-13(2)18-10-14(3,11-19-13)9-17-12(16)7-6-8-15(4)5/h3,6-11H2,1-2,4-5H3. The Morgan fingerprint density at radius 3 is 2.42 bits per heavy atom. The van der Waals surface area contributed by atoms with Gasteiger partial charge in [-0.3, -0.25) is 4.79 Å². The van der Waals surface area contributed by atoms with E-state index in [-0.39, 0.29) is 12.6 Å². The summed E-state index contributed by atoms with van der Waals surface area (Å²) in [6, 6.07) is 0. The Hall–Kier alpha value is -0.650. The van der Waals surface area contributed by atoms with Crippen LogP contribution in [0, 0.1) is 12.3 Å². The predicted molar refractivity (Wildman–Crippen MR) is 72.5 cm³/mol. The van der Waals surface area contributed by atoms with Crippen molar-refractivity contribution in [3.05, 3.63) is 6.92 Å². The maximum absolute atomic E-state index is 11.6. The van der Waals surface area contributed by atoms with Gasteiger partial charge in [0.15, 0.2) is 5.79 Å². The highest BCUT2D eigenvalue weighted by molar-refractivity contribution is 5.69. The molecule has 0 saturated carbocycles. The van der Waals surface area contributed by atoms with Crippen LogP contribution in [0.2, 0.25) is 0 Å². The first-order valence-electron chi connectivity index (χ1n) is 6.66. The maximum atomic E-state index is 11.6. The van der Waals surface area contributed by atoms with E-state index in [2.05, 4.69) is 6.92 Å². The molecular weight excluding hydrogens is 246 g/mol. The van der Waals surface area contributed by atoms with Crippen LogP contribution in [-0.2, 0) is 19.0 Å². The highest BCUT2D eigenvalue weighted by atomic mass is 16.7. The lowest BCUT2D eigenvalue weighted by molar-refractivity contribution is -0.282. The van der Waals surface area contributed by atoms with E-state index in [1.54, 1.807) is 0 Å². The molecule has 1 saturated heterocycles. The Balaban J connectivity index is 2.22. The van der Waals surface area contributed by atoms with Crippen LogP contribution in [0.15, 0.2) is 0 Å². The predicted octanol–water partition coefficient (Wildman–Crippen LogP) is 1.47. The Kier molecular flexibility index (Phi) is 5.77. The molecule has 0 atom stereocenters. The van der Waals surface area contributed by atoms with Crippen molar-refractivity contribution >= 4 is 5.97 Å². The van der Waals surface area contributed by atoms with E-state index in [0.29, 0.717) is 19.6 Å².